The van der Waals surface area contributed by atoms with Gasteiger partial charge in [-0.3, -0.25) is 5.11 Å². The van der Waals surface area contributed by atoms with Gasteiger partial charge in [-0.2, -0.15) is 13.2 Å². The highest BCUT2D eigenvalue weighted by atomic mass is 32.2. The molecule has 3 rings (SSSR count). The van der Waals surface area contributed by atoms with E-state index < -0.39 is 48.5 Å². The smallest absolute Gasteiger partial charge is 0.289 e. The van der Waals surface area contributed by atoms with Crippen LogP contribution in [0.2, 0.25) is 0 Å². The van der Waals surface area contributed by atoms with Crippen LogP contribution in [0.4, 0.5) is 17.6 Å². The molecule has 0 bridgehead atoms. The Morgan fingerprint density at radius 1 is 0.815 bits per heavy atom. The minimum Gasteiger partial charge on any atom is -0.289 e. The summed E-state index contributed by atoms with van der Waals surface area (Å²) < 4.78 is 80.8. The first kappa shape index (κ1) is 18.9. The fourth-order valence-corrected chi connectivity index (χ4v) is 4.23. The number of hydrogen-bond donors (Lipinski definition) is 0. The van der Waals surface area contributed by atoms with Gasteiger partial charge in [0.25, 0.3) is 0 Å². The van der Waals surface area contributed by atoms with E-state index in [2.05, 4.69) is 0 Å². The van der Waals surface area contributed by atoms with Crippen LogP contribution in [0.15, 0.2) is 76.5 Å². The number of sulfone groups is 1. The number of halogens is 4. The topological polar surface area (TPSA) is 54.0 Å². The summed E-state index contributed by atoms with van der Waals surface area (Å²) in [4.78, 5) is -2.20. The van der Waals surface area contributed by atoms with Crippen molar-refractivity contribution in [3.63, 3.8) is 0 Å². The van der Waals surface area contributed by atoms with Gasteiger partial charge >= 0.3 is 6.18 Å². The Morgan fingerprint density at radius 2 is 1.33 bits per heavy atom. The zero-order valence-corrected chi connectivity index (χ0v) is 14.3. The third kappa shape index (κ3) is 3.40. The fourth-order valence-electron chi connectivity index (χ4n) is 2.68. The molecule has 0 saturated heterocycles. The van der Waals surface area contributed by atoms with Gasteiger partial charge in [0.1, 0.15) is 16.3 Å². The molecule has 0 spiro atoms. The number of hydrogen-bond acceptors (Lipinski definition) is 2. The normalized spacial score (nSPS) is 12.1. The van der Waals surface area contributed by atoms with E-state index in [-0.39, 0.29) is 5.56 Å². The van der Waals surface area contributed by atoms with Gasteiger partial charge in [-0.25, -0.2) is 12.8 Å². The van der Waals surface area contributed by atoms with Gasteiger partial charge in [0, 0.05) is 5.56 Å². The summed E-state index contributed by atoms with van der Waals surface area (Å²) in [5.41, 5.74) is -2.55. The molecule has 0 atom stereocenters. The average molecular weight is 395 g/mol. The molecule has 139 valence electrons. The van der Waals surface area contributed by atoms with E-state index in [1.165, 1.54) is 42.5 Å². The molecule has 8 heteroatoms. The van der Waals surface area contributed by atoms with Crippen molar-refractivity contribution < 1.29 is 31.1 Å². The van der Waals surface area contributed by atoms with Gasteiger partial charge in [-0.15, -0.1) is 0 Å². The lowest BCUT2D eigenvalue weighted by atomic mass is 10.0. The summed E-state index contributed by atoms with van der Waals surface area (Å²) in [5.74, 6) is -3.23. The maximum atomic E-state index is 14.7. The summed E-state index contributed by atoms with van der Waals surface area (Å²) in [6.07, 6.45) is -5.36. The number of rotatable bonds is 3. The Labute approximate surface area is 152 Å². The molecule has 0 aliphatic rings. The molecule has 27 heavy (non-hydrogen) atoms. The molecule has 0 aliphatic carbocycles. The lowest BCUT2D eigenvalue weighted by Gasteiger charge is -2.17. The van der Waals surface area contributed by atoms with Crippen molar-refractivity contribution in [1.29, 1.82) is 0 Å². The molecule has 0 fully saturated rings. The molecule has 0 aromatic heterocycles. The Bertz CT molecular complexity index is 1080. The van der Waals surface area contributed by atoms with Crippen LogP contribution in [-0.4, -0.2) is 8.42 Å². The van der Waals surface area contributed by atoms with Gasteiger partial charge in [0.05, 0.1) is 4.90 Å². The number of alkyl halides is 3. The van der Waals surface area contributed by atoms with Crippen LogP contribution in [0.25, 0.3) is 11.1 Å². The van der Waals surface area contributed by atoms with Crippen LogP contribution in [0, 0.1) is 5.82 Å². The van der Waals surface area contributed by atoms with E-state index in [9.17, 15) is 31.1 Å². The van der Waals surface area contributed by atoms with E-state index in [4.69, 9.17) is 0 Å². The fraction of sp³-hybridized carbons (Fsp3) is 0.0526. The predicted octanol–water partition coefficient (Wildman–Crippen LogP) is 5.49. The molecular formula is C19H11F4O3S. The van der Waals surface area contributed by atoms with E-state index in [0.29, 0.717) is 6.07 Å². The van der Waals surface area contributed by atoms with Gasteiger partial charge < -0.3 is 0 Å². The van der Waals surface area contributed by atoms with Gasteiger partial charge in [0.2, 0.25) is 9.84 Å². The maximum Gasteiger partial charge on any atom is 0.421 e. The van der Waals surface area contributed by atoms with E-state index in [1.807, 2.05) is 0 Å². The van der Waals surface area contributed by atoms with Crippen molar-refractivity contribution in [3.8, 4) is 16.9 Å². The second kappa shape index (κ2) is 6.70. The van der Waals surface area contributed by atoms with Crippen molar-refractivity contribution >= 4 is 9.84 Å². The molecule has 0 N–H and O–H groups in total. The highest BCUT2D eigenvalue weighted by Gasteiger charge is 2.44. The maximum absolute atomic E-state index is 14.7. The van der Waals surface area contributed by atoms with E-state index in [1.54, 1.807) is 6.07 Å². The van der Waals surface area contributed by atoms with Gasteiger partial charge in [0.15, 0.2) is 5.75 Å². The zero-order chi connectivity index (χ0) is 19.8. The quantitative estimate of drug-likeness (QED) is 0.551. The summed E-state index contributed by atoms with van der Waals surface area (Å²) in [7, 11) is -4.90. The van der Waals surface area contributed by atoms with E-state index in [0.717, 1.165) is 12.1 Å². The van der Waals surface area contributed by atoms with Crippen molar-refractivity contribution in [3.05, 3.63) is 78.1 Å². The molecule has 3 aromatic rings. The van der Waals surface area contributed by atoms with Crippen molar-refractivity contribution in [1.82, 2.24) is 0 Å². The van der Waals surface area contributed by atoms with Crippen LogP contribution in [0.1, 0.15) is 5.56 Å². The zero-order valence-electron chi connectivity index (χ0n) is 13.5. The van der Waals surface area contributed by atoms with Crippen molar-refractivity contribution in [2.75, 3.05) is 0 Å². The Morgan fingerprint density at radius 3 is 1.85 bits per heavy atom. The number of benzene rings is 3. The van der Waals surface area contributed by atoms with Crippen molar-refractivity contribution in [2.45, 2.75) is 16.0 Å². The van der Waals surface area contributed by atoms with Gasteiger partial charge in [-0.1, -0.05) is 48.5 Å². The summed E-state index contributed by atoms with van der Waals surface area (Å²) in [6, 6.07) is 13.8. The molecule has 0 amide bonds. The third-order valence-corrected chi connectivity index (χ3v) is 5.71. The summed E-state index contributed by atoms with van der Waals surface area (Å²) in [6.45, 7) is 0. The van der Waals surface area contributed by atoms with Gasteiger partial charge in [-0.05, 0) is 23.8 Å². The van der Waals surface area contributed by atoms with Crippen LogP contribution in [0.3, 0.4) is 0 Å². The standard InChI is InChI=1S/C19H11F4O3S/c20-15-11-14(12-7-3-1-4-8-12)17(24)16(19(21,22)23)18(15)27(25,26)13-9-5-2-6-10-13/h1-11H. The third-order valence-electron chi connectivity index (χ3n) is 3.88. The minimum atomic E-state index is -5.36. The lowest BCUT2D eigenvalue weighted by Crippen LogP contribution is -2.16. The summed E-state index contributed by atoms with van der Waals surface area (Å²) in [5, 5.41) is 12.5. The average Bonchev–Trinajstić information content (AvgIpc) is 2.63. The van der Waals surface area contributed by atoms with Crippen LogP contribution in [0.5, 0.6) is 5.75 Å². The van der Waals surface area contributed by atoms with Crippen molar-refractivity contribution in [2.24, 2.45) is 0 Å². The highest BCUT2D eigenvalue weighted by molar-refractivity contribution is 7.91. The van der Waals surface area contributed by atoms with Crippen LogP contribution in [-0.2, 0) is 21.1 Å². The molecule has 0 saturated carbocycles. The molecule has 1 radical (unpaired) electrons. The Kier molecular flexibility index (Phi) is 4.69. The first-order valence-electron chi connectivity index (χ1n) is 7.60. The molecule has 0 heterocycles. The summed E-state index contributed by atoms with van der Waals surface area (Å²) >= 11 is 0. The molecule has 3 nitrogen and oxygen atoms in total. The molecule has 0 aliphatic heterocycles. The molecule has 3 aromatic carbocycles. The second-order valence-electron chi connectivity index (χ2n) is 5.62. The lowest BCUT2D eigenvalue weighted by molar-refractivity contribution is -0.141. The molecular weight excluding hydrogens is 384 g/mol. The largest absolute Gasteiger partial charge is 0.421 e. The minimum absolute atomic E-state index is 0.0514. The van der Waals surface area contributed by atoms with E-state index >= 15 is 0 Å². The Balaban J connectivity index is 2.38. The van der Waals surface area contributed by atoms with Crippen LogP contribution >= 0.6 is 0 Å². The monoisotopic (exact) mass is 395 g/mol. The first-order chi connectivity index (χ1) is 12.6. The molecule has 0 unspecified atom stereocenters. The second-order valence-corrected chi connectivity index (χ2v) is 7.51. The highest BCUT2D eigenvalue weighted by Crippen LogP contribution is 2.47. The van der Waals surface area contributed by atoms with Crippen LogP contribution < -0.4 is 0 Å². The first-order valence-corrected chi connectivity index (χ1v) is 9.08. The predicted molar refractivity (Wildman–Crippen MR) is 88.9 cm³/mol. The SMILES string of the molecule is [O]c1c(-c2ccccc2)cc(F)c(S(=O)(=O)c2ccccc2)c1C(F)(F)F. The Hall–Kier alpha value is -2.87.